The lowest BCUT2D eigenvalue weighted by molar-refractivity contribution is -0.384. The summed E-state index contributed by atoms with van der Waals surface area (Å²) >= 11 is 5.94. The van der Waals surface area contributed by atoms with Gasteiger partial charge >= 0.3 is 0 Å². The average molecular weight is 417 g/mol. The molecular weight excluding hydrogens is 400 g/mol. The molecule has 0 heterocycles. The predicted molar refractivity (Wildman–Crippen MR) is 109 cm³/mol. The normalized spacial score (nSPS) is 11.2. The Balaban J connectivity index is 2.04. The average Bonchev–Trinajstić information content (AvgIpc) is 2.68. The Kier molecular flexibility index (Phi) is 5.67. The molecule has 0 spiro atoms. The molecule has 0 aliphatic carbocycles. The molecule has 0 aliphatic rings. The SMILES string of the molecule is Cc1ccc(CN(c2ccc(Cl)cc2)S(=O)(=O)c2ccc([N+](=O)[O-])cc2)cc1. The van der Waals surface area contributed by atoms with Gasteiger partial charge in [0.1, 0.15) is 0 Å². The molecule has 28 heavy (non-hydrogen) atoms. The Hall–Kier alpha value is -2.90. The van der Waals surface area contributed by atoms with Gasteiger partial charge in [0, 0.05) is 17.2 Å². The molecular formula is C20H17ClN2O4S. The molecule has 0 aliphatic heterocycles. The fourth-order valence-corrected chi connectivity index (χ4v) is 4.23. The van der Waals surface area contributed by atoms with E-state index in [9.17, 15) is 18.5 Å². The van der Waals surface area contributed by atoms with E-state index in [1.165, 1.54) is 28.6 Å². The number of sulfonamides is 1. The first-order valence-corrected chi connectivity index (χ1v) is 10.2. The van der Waals surface area contributed by atoms with Crippen LogP contribution in [0.5, 0.6) is 0 Å². The van der Waals surface area contributed by atoms with Gasteiger partial charge in [0.05, 0.1) is 22.1 Å². The van der Waals surface area contributed by atoms with E-state index in [0.29, 0.717) is 10.7 Å². The number of rotatable bonds is 6. The van der Waals surface area contributed by atoms with Crippen molar-refractivity contribution in [2.24, 2.45) is 0 Å². The second-order valence-electron chi connectivity index (χ2n) is 6.22. The van der Waals surface area contributed by atoms with Crippen molar-refractivity contribution < 1.29 is 13.3 Å². The van der Waals surface area contributed by atoms with E-state index in [4.69, 9.17) is 11.6 Å². The molecule has 8 heteroatoms. The minimum atomic E-state index is -3.95. The highest BCUT2D eigenvalue weighted by Gasteiger charge is 2.26. The van der Waals surface area contributed by atoms with Gasteiger partial charge in [-0.1, -0.05) is 41.4 Å². The second kappa shape index (κ2) is 8.00. The van der Waals surface area contributed by atoms with E-state index in [1.807, 2.05) is 31.2 Å². The van der Waals surface area contributed by atoms with Crippen LogP contribution in [0.1, 0.15) is 11.1 Å². The van der Waals surface area contributed by atoms with E-state index in [0.717, 1.165) is 11.1 Å². The summed E-state index contributed by atoms with van der Waals surface area (Å²) in [6.07, 6.45) is 0. The van der Waals surface area contributed by atoms with Crippen molar-refractivity contribution in [3.63, 3.8) is 0 Å². The molecule has 3 rings (SSSR count). The minimum absolute atomic E-state index is 0.0276. The molecule has 3 aromatic rings. The molecule has 0 N–H and O–H groups in total. The lowest BCUT2D eigenvalue weighted by Crippen LogP contribution is -2.30. The van der Waals surface area contributed by atoms with Gasteiger partial charge in [-0.15, -0.1) is 0 Å². The van der Waals surface area contributed by atoms with E-state index in [1.54, 1.807) is 24.3 Å². The fraction of sp³-hybridized carbons (Fsp3) is 0.100. The monoisotopic (exact) mass is 416 g/mol. The Morgan fingerprint density at radius 2 is 1.50 bits per heavy atom. The van der Waals surface area contributed by atoms with Gasteiger partial charge in [0.25, 0.3) is 15.7 Å². The number of nitro benzene ring substituents is 1. The molecule has 0 aromatic heterocycles. The molecule has 0 saturated heterocycles. The van der Waals surface area contributed by atoms with Gasteiger partial charge < -0.3 is 0 Å². The number of aryl methyl sites for hydroxylation is 1. The van der Waals surface area contributed by atoms with E-state index in [-0.39, 0.29) is 17.1 Å². The number of non-ortho nitro benzene ring substituents is 1. The highest BCUT2D eigenvalue weighted by atomic mass is 35.5. The zero-order valence-electron chi connectivity index (χ0n) is 14.9. The molecule has 0 saturated carbocycles. The van der Waals surface area contributed by atoms with E-state index >= 15 is 0 Å². The number of anilines is 1. The molecule has 144 valence electrons. The Morgan fingerprint density at radius 3 is 2.04 bits per heavy atom. The van der Waals surface area contributed by atoms with Crippen LogP contribution >= 0.6 is 11.6 Å². The highest BCUT2D eigenvalue weighted by molar-refractivity contribution is 7.92. The summed E-state index contributed by atoms with van der Waals surface area (Å²) in [5, 5.41) is 11.3. The largest absolute Gasteiger partial charge is 0.269 e. The van der Waals surface area contributed by atoms with E-state index < -0.39 is 14.9 Å². The third kappa shape index (κ3) is 4.32. The first-order valence-electron chi connectivity index (χ1n) is 8.36. The van der Waals surface area contributed by atoms with Gasteiger partial charge in [-0.2, -0.15) is 0 Å². The zero-order chi connectivity index (χ0) is 20.3. The van der Waals surface area contributed by atoms with Gasteiger partial charge in [-0.3, -0.25) is 14.4 Å². The van der Waals surface area contributed by atoms with Crippen LogP contribution in [0.25, 0.3) is 0 Å². The number of benzene rings is 3. The maximum Gasteiger partial charge on any atom is 0.269 e. The van der Waals surface area contributed by atoms with Crippen molar-refractivity contribution in [1.29, 1.82) is 0 Å². The molecule has 0 fully saturated rings. The maximum atomic E-state index is 13.3. The van der Waals surface area contributed by atoms with Crippen molar-refractivity contribution >= 4 is 33.0 Å². The number of nitrogens with zero attached hydrogens (tertiary/aromatic N) is 2. The first-order chi connectivity index (χ1) is 13.3. The lowest BCUT2D eigenvalue weighted by Gasteiger charge is -2.25. The Labute approximate surface area is 168 Å². The Bertz CT molecular complexity index is 1080. The quantitative estimate of drug-likeness (QED) is 0.420. The van der Waals surface area contributed by atoms with Crippen LogP contribution in [-0.4, -0.2) is 13.3 Å². The highest BCUT2D eigenvalue weighted by Crippen LogP contribution is 2.28. The zero-order valence-corrected chi connectivity index (χ0v) is 16.5. The molecule has 0 atom stereocenters. The topological polar surface area (TPSA) is 80.5 Å². The predicted octanol–water partition coefficient (Wildman–Crippen LogP) is 4.95. The molecule has 0 bridgehead atoms. The minimum Gasteiger partial charge on any atom is -0.262 e. The summed E-state index contributed by atoms with van der Waals surface area (Å²) in [7, 11) is -3.95. The van der Waals surface area contributed by atoms with E-state index in [2.05, 4.69) is 0 Å². The summed E-state index contributed by atoms with van der Waals surface area (Å²) in [6, 6.07) is 18.9. The van der Waals surface area contributed by atoms with Crippen molar-refractivity contribution in [3.05, 3.63) is 99.1 Å². The summed E-state index contributed by atoms with van der Waals surface area (Å²) in [6.45, 7) is 2.07. The van der Waals surface area contributed by atoms with Crippen LogP contribution in [0.4, 0.5) is 11.4 Å². The van der Waals surface area contributed by atoms with Gasteiger partial charge in [0.15, 0.2) is 0 Å². The summed E-state index contributed by atoms with van der Waals surface area (Å²) in [4.78, 5) is 10.3. The maximum absolute atomic E-state index is 13.3. The smallest absolute Gasteiger partial charge is 0.262 e. The summed E-state index contributed by atoms with van der Waals surface area (Å²) < 4.78 is 27.8. The van der Waals surface area contributed by atoms with Crippen molar-refractivity contribution in [1.82, 2.24) is 0 Å². The van der Waals surface area contributed by atoms with Crippen molar-refractivity contribution in [2.75, 3.05) is 4.31 Å². The standard InChI is InChI=1S/C20H17ClN2O4S/c1-15-2-4-16(5-3-15)14-22(18-8-6-17(21)7-9-18)28(26,27)20-12-10-19(11-13-20)23(24)25/h2-13H,14H2,1H3. The summed E-state index contributed by atoms with van der Waals surface area (Å²) in [5.41, 5.74) is 2.16. The van der Waals surface area contributed by atoms with Crippen molar-refractivity contribution in [2.45, 2.75) is 18.4 Å². The van der Waals surface area contributed by atoms with Crippen LogP contribution < -0.4 is 4.31 Å². The van der Waals surface area contributed by atoms with Crippen LogP contribution in [0.3, 0.4) is 0 Å². The van der Waals surface area contributed by atoms with Crippen molar-refractivity contribution in [3.8, 4) is 0 Å². The van der Waals surface area contributed by atoms with Crippen LogP contribution in [0.15, 0.2) is 77.7 Å². The molecule has 0 unspecified atom stereocenters. The Morgan fingerprint density at radius 1 is 0.929 bits per heavy atom. The third-order valence-corrected chi connectivity index (χ3v) is 6.24. The van der Waals surface area contributed by atoms with Crippen LogP contribution in [-0.2, 0) is 16.6 Å². The van der Waals surface area contributed by atoms with Gasteiger partial charge in [-0.05, 0) is 48.9 Å². The third-order valence-electron chi connectivity index (χ3n) is 4.20. The van der Waals surface area contributed by atoms with Gasteiger partial charge in [0.2, 0.25) is 0 Å². The lowest BCUT2D eigenvalue weighted by atomic mass is 10.1. The summed E-state index contributed by atoms with van der Waals surface area (Å²) in [5.74, 6) is 0. The van der Waals surface area contributed by atoms with Crippen LogP contribution in [0.2, 0.25) is 5.02 Å². The number of nitro groups is 1. The number of hydrogen-bond donors (Lipinski definition) is 0. The number of halogens is 1. The number of hydrogen-bond acceptors (Lipinski definition) is 4. The first kappa shape index (κ1) is 19.9. The molecule has 3 aromatic carbocycles. The molecule has 0 radical (unpaired) electrons. The fourth-order valence-electron chi connectivity index (χ4n) is 2.65. The second-order valence-corrected chi connectivity index (χ2v) is 8.52. The van der Waals surface area contributed by atoms with Gasteiger partial charge in [-0.25, -0.2) is 8.42 Å². The molecule has 6 nitrogen and oxygen atoms in total. The van der Waals surface area contributed by atoms with Crippen LogP contribution in [0, 0.1) is 17.0 Å². The molecule has 0 amide bonds.